The Bertz CT molecular complexity index is 519. The average molecular weight is 257 g/mol. The van der Waals surface area contributed by atoms with Gasteiger partial charge in [-0.2, -0.15) is 0 Å². The van der Waals surface area contributed by atoms with Crippen LogP contribution in [-0.2, 0) is 5.88 Å². The second-order valence-electron chi connectivity index (χ2n) is 3.18. The Kier molecular flexibility index (Phi) is 3.49. The summed E-state index contributed by atoms with van der Waals surface area (Å²) in [5.41, 5.74) is 0.707. The molecule has 0 radical (unpaired) electrons. The predicted octanol–water partition coefficient (Wildman–Crippen LogP) is 3.29. The van der Waals surface area contributed by atoms with Crippen molar-refractivity contribution in [2.75, 3.05) is 0 Å². The number of halogens is 3. The van der Waals surface area contributed by atoms with Gasteiger partial charge in [-0.1, -0.05) is 0 Å². The molecule has 17 heavy (non-hydrogen) atoms. The molecule has 1 heterocycles. The van der Waals surface area contributed by atoms with Crippen LogP contribution in [0.3, 0.4) is 0 Å². The molecule has 0 fully saturated rings. The van der Waals surface area contributed by atoms with Crippen molar-refractivity contribution in [2.45, 2.75) is 5.88 Å². The first-order valence-corrected chi connectivity index (χ1v) is 5.22. The van der Waals surface area contributed by atoms with Gasteiger partial charge in [0, 0.05) is 24.0 Å². The molecule has 1 aromatic carbocycles. The van der Waals surface area contributed by atoms with E-state index in [-0.39, 0.29) is 17.6 Å². The summed E-state index contributed by atoms with van der Waals surface area (Å²) in [5.74, 6) is -1.27. The molecule has 2 aromatic rings. The van der Waals surface area contributed by atoms with Gasteiger partial charge < -0.3 is 4.74 Å². The third kappa shape index (κ3) is 2.88. The van der Waals surface area contributed by atoms with Gasteiger partial charge in [-0.05, 0) is 12.1 Å². The molecule has 0 aliphatic carbocycles. The normalized spacial score (nSPS) is 10.3. The molecule has 1 aromatic heterocycles. The summed E-state index contributed by atoms with van der Waals surface area (Å²) in [6.45, 7) is 0. The number of hydrogen-bond donors (Lipinski definition) is 0. The van der Waals surface area contributed by atoms with Crippen LogP contribution in [0.25, 0.3) is 0 Å². The molecule has 0 unspecified atom stereocenters. The summed E-state index contributed by atoms with van der Waals surface area (Å²) in [7, 11) is 0. The van der Waals surface area contributed by atoms with Crippen molar-refractivity contribution in [3.05, 3.63) is 47.8 Å². The number of hydrogen-bond acceptors (Lipinski definition) is 3. The number of benzene rings is 1. The number of nitrogens with zero attached hydrogens (tertiary/aromatic N) is 2. The zero-order valence-corrected chi connectivity index (χ0v) is 9.29. The van der Waals surface area contributed by atoms with E-state index in [0.29, 0.717) is 5.56 Å². The smallest absolute Gasteiger partial charge is 0.321 e. The van der Waals surface area contributed by atoms with Crippen LogP contribution in [0.2, 0.25) is 0 Å². The van der Waals surface area contributed by atoms with Crippen LogP contribution in [0.1, 0.15) is 5.56 Å². The van der Waals surface area contributed by atoms with Crippen molar-refractivity contribution >= 4 is 11.6 Å². The molecular formula is C11H7ClF2N2O. The molecule has 0 aliphatic rings. The molecule has 88 valence electrons. The van der Waals surface area contributed by atoms with E-state index in [2.05, 4.69) is 9.97 Å². The van der Waals surface area contributed by atoms with E-state index in [1.54, 1.807) is 0 Å². The lowest BCUT2D eigenvalue weighted by Gasteiger charge is -2.04. The first kappa shape index (κ1) is 11.7. The summed E-state index contributed by atoms with van der Waals surface area (Å²) in [6.07, 6.45) is 2.90. The molecule has 0 bridgehead atoms. The average Bonchev–Trinajstić information content (AvgIpc) is 2.35. The highest BCUT2D eigenvalue weighted by Gasteiger charge is 2.07. The molecule has 0 spiro atoms. The van der Waals surface area contributed by atoms with Crippen molar-refractivity contribution in [2.24, 2.45) is 0 Å². The second-order valence-corrected chi connectivity index (χ2v) is 3.45. The number of aromatic nitrogens is 2. The standard InChI is InChI=1S/C11H7ClF2N2O/c12-4-7-5-15-11(16-6-7)17-10-3-8(13)1-2-9(10)14/h1-3,5-6H,4H2. The Labute approximate surface area is 101 Å². The lowest BCUT2D eigenvalue weighted by molar-refractivity contribution is 0.406. The first-order chi connectivity index (χ1) is 8.19. The Morgan fingerprint density at radius 2 is 1.88 bits per heavy atom. The summed E-state index contributed by atoms with van der Waals surface area (Å²) in [4.78, 5) is 7.62. The van der Waals surface area contributed by atoms with Crippen molar-refractivity contribution in [1.82, 2.24) is 9.97 Å². The van der Waals surface area contributed by atoms with Crippen LogP contribution in [0.15, 0.2) is 30.6 Å². The third-order valence-electron chi connectivity index (χ3n) is 1.93. The molecule has 0 atom stereocenters. The van der Waals surface area contributed by atoms with Crippen molar-refractivity contribution in [1.29, 1.82) is 0 Å². The van der Waals surface area contributed by atoms with Crippen LogP contribution in [-0.4, -0.2) is 9.97 Å². The van der Waals surface area contributed by atoms with E-state index >= 15 is 0 Å². The Morgan fingerprint density at radius 3 is 2.53 bits per heavy atom. The number of rotatable bonds is 3. The van der Waals surface area contributed by atoms with Gasteiger partial charge in [0.05, 0.1) is 5.88 Å². The summed E-state index contributed by atoms with van der Waals surface area (Å²) in [5, 5.41) is 0. The van der Waals surface area contributed by atoms with E-state index in [9.17, 15) is 8.78 Å². The highest BCUT2D eigenvalue weighted by atomic mass is 35.5. The Balaban J connectivity index is 2.22. The van der Waals surface area contributed by atoms with Gasteiger partial charge in [0.1, 0.15) is 5.82 Å². The molecule has 0 N–H and O–H groups in total. The number of ether oxygens (including phenoxy) is 1. The van der Waals surface area contributed by atoms with Crippen LogP contribution >= 0.6 is 11.6 Å². The minimum Gasteiger partial charge on any atom is -0.421 e. The predicted molar refractivity (Wildman–Crippen MR) is 58.0 cm³/mol. The maximum Gasteiger partial charge on any atom is 0.321 e. The van der Waals surface area contributed by atoms with E-state index in [1.165, 1.54) is 12.4 Å². The summed E-state index contributed by atoms with van der Waals surface area (Å²) in [6, 6.07) is 2.83. The SMILES string of the molecule is Fc1ccc(F)c(Oc2ncc(CCl)cn2)c1. The summed E-state index contributed by atoms with van der Waals surface area (Å²) < 4.78 is 31.1. The van der Waals surface area contributed by atoms with Crippen molar-refractivity contribution < 1.29 is 13.5 Å². The zero-order valence-electron chi connectivity index (χ0n) is 8.53. The quantitative estimate of drug-likeness (QED) is 0.791. The maximum absolute atomic E-state index is 13.2. The van der Waals surface area contributed by atoms with Crippen LogP contribution < -0.4 is 4.74 Å². The van der Waals surface area contributed by atoms with E-state index in [1.807, 2.05) is 0 Å². The molecule has 2 rings (SSSR count). The van der Waals surface area contributed by atoms with E-state index < -0.39 is 11.6 Å². The molecule has 0 saturated heterocycles. The zero-order chi connectivity index (χ0) is 12.3. The first-order valence-electron chi connectivity index (χ1n) is 4.69. The third-order valence-corrected chi connectivity index (χ3v) is 2.24. The molecular weight excluding hydrogens is 250 g/mol. The minimum atomic E-state index is -0.684. The van der Waals surface area contributed by atoms with Crippen LogP contribution in [0.4, 0.5) is 8.78 Å². The van der Waals surface area contributed by atoms with Gasteiger partial charge in [-0.15, -0.1) is 11.6 Å². The van der Waals surface area contributed by atoms with Gasteiger partial charge >= 0.3 is 6.01 Å². The van der Waals surface area contributed by atoms with Gasteiger partial charge in [0.2, 0.25) is 0 Å². The van der Waals surface area contributed by atoms with Gasteiger partial charge in [0.25, 0.3) is 0 Å². The van der Waals surface area contributed by atoms with Crippen LogP contribution in [0, 0.1) is 11.6 Å². The largest absolute Gasteiger partial charge is 0.421 e. The number of alkyl halides is 1. The molecule has 0 aliphatic heterocycles. The Morgan fingerprint density at radius 1 is 1.18 bits per heavy atom. The lowest BCUT2D eigenvalue weighted by Crippen LogP contribution is -1.95. The fraction of sp³-hybridized carbons (Fsp3) is 0.0909. The van der Waals surface area contributed by atoms with Crippen molar-refractivity contribution in [3.63, 3.8) is 0 Å². The van der Waals surface area contributed by atoms with Crippen molar-refractivity contribution in [3.8, 4) is 11.8 Å². The maximum atomic E-state index is 13.2. The lowest BCUT2D eigenvalue weighted by atomic mass is 10.3. The molecule has 6 heteroatoms. The Hall–Kier alpha value is -1.75. The fourth-order valence-corrected chi connectivity index (χ4v) is 1.26. The van der Waals surface area contributed by atoms with Gasteiger partial charge in [0.15, 0.2) is 11.6 Å². The second kappa shape index (κ2) is 5.05. The topological polar surface area (TPSA) is 35.0 Å². The highest BCUT2D eigenvalue weighted by Crippen LogP contribution is 2.22. The summed E-state index contributed by atoms with van der Waals surface area (Å²) >= 11 is 5.56. The van der Waals surface area contributed by atoms with Gasteiger partial charge in [-0.25, -0.2) is 18.7 Å². The van der Waals surface area contributed by atoms with Crippen LogP contribution in [0.5, 0.6) is 11.8 Å². The van der Waals surface area contributed by atoms with E-state index in [0.717, 1.165) is 18.2 Å². The molecule has 0 amide bonds. The fourth-order valence-electron chi connectivity index (χ4n) is 1.12. The molecule has 0 saturated carbocycles. The van der Waals surface area contributed by atoms with E-state index in [4.69, 9.17) is 16.3 Å². The van der Waals surface area contributed by atoms with Gasteiger partial charge in [-0.3, -0.25) is 0 Å². The highest BCUT2D eigenvalue weighted by molar-refractivity contribution is 6.17. The molecule has 3 nitrogen and oxygen atoms in total. The minimum absolute atomic E-state index is 0.0663. The monoisotopic (exact) mass is 256 g/mol.